The Morgan fingerprint density at radius 1 is 1.07 bits per heavy atom. The summed E-state index contributed by atoms with van der Waals surface area (Å²) < 4.78 is 31.9. The van der Waals surface area contributed by atoms with Crippen molar-refractivity contribution in [2.24, 2.45) is 0 Å². The van der Waals surface area contributed by atoms with Crippen molar-refractivity contribution in [2.75, 3.05) is 16.6 Å². The predicted molar refractivity (Wildman–Crippen MR) is 98.6 cm³/mol. The zero-order valence-corrected chi connectivity index (χ0v) is 16.0. The number of amides is 1. The fraction of sp³-hybridized carbons (Fsp3) is 0.294. The lowest BCUT2D eigenvalue weighted by molar-refractivity contribution is -0.145. The van der Waals surface area contributed by atoms with Gasteiger partial charge in [-0.05, 0) is 51.1 Å². The van der Waals surface area contributed by atoms with Gasteiger partial charge in [0.1, 0.15) is 6.42 Å². The maximum absolute atomic E-state index is 12.4. The van der Waals surface area contributed by atoms with E-state index in [1.54, 1.807) is 26.8 Å². The van der Waals surface area contributed by atoms with Crippen LogP contribution in [0.3, 0.4) is 0 Å². The van der Waals surface area contributed by atoms with Gasteiger partial charge in [-0.1, -0.05) is 0 Å². The van der Waals surface area contributed by atoms with Gasteiger partial charge in [0.15, 0.2) is 0 Å². The maximum Gasteiger partial charge on any atom is 0.315 e. The van der Waals surface area contributed by atoms with E-state index in [1.807, 2.05) is 0 Å². The second-order valence-corrected chi connectivity index (χ2v) is 7.32. The number of hydrogen-bond donors (Lipinski definition) is 2. The number of esters is 1. The van der Waals surface area contributed by atoms with E-state index in [0.717, 1.165) is 0 Å². The molecule has 0 atom stereocenters. The molecule has 0 saturated heterocycles. The van der Waals surface area contributed by atoms with E-state index in [1.165, 1.54) is 24.3 Å². The molecule has 1 heterocycles. The van der Waals surface area contributed by atoms with Gasteiger partial charge in [0, 0.05) is 17.1 Å². The van der Waals surface area contributed by atoms with Crippen LogP contribution in [-0.4, -0.2) is 36.9 Å². The zero-order valence-electron chi connectivity index (χ0n) is 15.1. The predicted octanol–water partition coefficient (Wildman–Crippen LogP) is 1.79. The number of anilines is 2. The molecule has 0 aliphatic carbocycles. The molecule has 0 fully saturated rings. The fourth-order valence-electron chi connectivity index (χ4n) is 2.22. The molecule has 0 saturated carbocycles. The molecule has 10 heteroatoms. The van der Waals surface area contributed by atoms with Gasteiger partial charge in [0.25, 0.3) is 10.0 Å². The highest BCUT2D eigenvalue weighted by atomic mass is 32.2. The SMILES string of the molecule is CCOC(=O)CC(=O)Nc1ccc(S(=O)(=O)Nc2nc(C)cc(C)n2)cc1. The summed E-state index contributed by atoms with van der Waals surface area (Å²) in [6.45, 7) is 5.31. The molecule has 27 heavy (non-hydrogen) atoms. The zero-order chi connectivity index (χ0) is 20.0. The summed E-state index contributed by atoms with van der Waals surface area (Å²) in [5, 5.41) is 2.49. The van der Waals surface area contributed by atoms with Crippen LogP contribution in [0.1, 0.15) is 24.7 Å². The lowest BCUT2D eigenvalue weighted by Gasteiger charge is -2.09. The summed E-state index contributed by atoms with van der Waals surface area (Å²) in [6, 6.07) is 7.21. The van der Waals surface area contributed by atoms with Gasteiger partial charge in [-0.3, -0.25) is 9.59 Å². The second kappa shape index (κ2) is 8.58. The summed E-state index contributed by atoms with van der Waals surface area (Å²) in [6.07, 6.45) is -0.417. The van der Waals surface area contributed by atoms with Crippen molar-refractivity contribution in [2.45, 2.75) is 32.1 Å². The standard InChI is InChI=1S/C17H20N4O5S/c1-4-26-16(23)10-15(22)20-13-5-7-14(8-6-13)27(24,25)21-17-18-11(2)9-12(3)19-17/h5-9H,4,10H2,1-3H3,(H,20,22)(H,18,19,21). The van der Waals surface area contributed by atoms with E-state index in [9.17, 15) is 18.0 Å². The van der Waals surface area contributed by atoms with E-state index < -0.39 is 28.3 Å². The van der Waals surface area contributed by atoms with Crippen LogP contribution in [0, 0.1) is 13.8 Å². The highest BCUT2D eigenvalue weighted by Gasteiger charge is 2.17. The molecule has 1 aromatic carbocycles. The number of nitrogens with zero attached hydrogens (tertiary/aromatic N) is 2. The topological polar surface area (TPSA) is 127 Å². The van der Waals surface area contributed by atoms with Crippen LogP contribution in [0.2, 0.25) is 0 Å². The lowest BCUT2D eigenvalue weighted by atomic mass is 10.3. The number of hydrogen-bond acceptors (Lipinski definition) is 7. The number of sulfonamides is 1. The van der Waals surface area contributed by atoms with Gasteiger partial charge in [0.2, 0.25) is 11.9 Å². The number of nitrogens with one attached hydrogen (secondary N) is 2. The third-order valence-corrected chi connectivity index (χ3v) is 4.61. The summed E-state index contributed by atoms with van der Waals surface area (Å²) in [4.78, 5) is 31.1. The number of rotatable bonds is 7. The van der Waals surface area contributed by atoms with Crippen molar-refractivity contribution >= 4 is 33.5 Å². The number of benzene rings is 1. The Labute approximate surface area is 157 Å². The van der Waals surface area contributed by atoms with Crippen molar-refractivity contribution in [3.05, 3.63) is 41.7 Å². The third kappa shape index (κ3) is 6.03. The van der Waals surface area contributed by atoms with Crippen LogP contribution in [0.5, 0.6) is 0 Å². The number of carbonyl (C=O) groups excluding carboxylic acids is 2. The van der Waals surface area contributed by atoms with Crippen LogP contribution >= 0.6 is 0 Å². The van der Waals surface area contributed by atoms with Crippen molar-refractivity contribution in [3.63, 3.8) is 0 Å². The van der Waals surface area contributed by atoms with E-state index in [2.05, 4.69) is 24.7 Å². The molecule has 144 valence electrons. The van der Waals surface area contributed by atoms with Gasteiger partial charge in [-0.2, -0.15) is 0 Å². The van der Waals surface area contributed by atoms with Gasteiger partial charge in [-0.15, -0.1) is 0 Å². The smallest absolute Gasteiger partial charge is 0.315 e. The molecule has 1 aromatic heterocycles. The van der Waals surface area contributed by atoms with Crippen LogP contribution in [0.25, 0.3) is 0 Å². The molecular weight excluding hydrogens is 372 g/mol. The van der Waals surface area contributed by atoms with Crippen molar-refractivity contribution in [1.82, 2.24) is 9.97 Å². The van der Waals surface area contributed by atoms with Crippen molar-refractivity contribution < 1.29 is 22.7 Å². The molecule has 2 aromatic rings. The third-order valence-electron chi connectivity index (χ3n) is 3.27. The van der Waals surface area contributed by atoms with E-state index in [-0.39, 0.29) is 17.5 Å². The summed E-state index contributed by atoms with van der Waals surface area (Å²) >= 11 is 0. The number of aryl methyl sites for hydroxylation is 2. The molecule has 2 rings (SSSR count). The minimum Gasteiger partial charge on any atom is -0.466 e. The number of carbonyl (C=O) groups is 2. The highest BCUT2D eigenvalue weighted by Crippen LogP contribution is 2.17. The Bertz CT molecular complexity index is 922. The van der Waals surface area contributed by atoms with Crippen LogP contribution in [-0.2, 0) is 24.3 Å². The molecule has 0 unspecified atom stereocenters. The number of aromatic nitrogens is 2. The Morgan fingerprint density at radius 2 is 1.67 bits per heavy atom. The minimum atomic E-state index is -3.88. The van der Waals surface area contributed by atoms with Crippen LogP contribution < -0.4 is 10.0 Å². The van der Waals surface area contributed by atoms with Gasteiger partial charge >= 0.3 is 5.97 Å². The first kappa shape index (κ1) is 20.3. The van der Waals surface area contributed by atoms with E-state index in [0.29, 0.717) is 17.1 Å². The Balaban J connectivity index is 2.07. The van der Waals surface area contributed by atoms with E-state index in [4.69, 9.17) is 0 Å². The average Bonchev–Trinajstić information content (AvgIpc) is 2.53. The van der Waals surface area contributed by atoms with Gasteiger partial charge in [-0.25, -0.2) is 23.1 Å². The molecule has 9 nitrogen and oxygen atoms in total. The maximum atomic E-state index is 12.4. The first-order valence-corrected chi connectivity index (χ1v) is 9.58. The molecule has 0 radical (unpaired) electrons. The molecule has 0 aliphatic rings. The first-order chi connectivity index (χ1) is 12.7. The Morgan fingerprint density at radius 3 is 2.22 bits per heavy atom. The normalized spacial score (nSPS) is 10.9. The van der Waals surface area contributed by atoms with Crippen molar-refractivity contribution in [1.29, 1.82) is 0 Å². The highest BCUT2D eigenvalue weighted by molar-refractivity contribution is 7.92. The Kier molecular flexibility index (Phi) is 6.45. The van der Waals surface area contributed by atoms with E-state index >= 15 is 0 Å². The quantitative estimate of drug-likeness (QED) is 0.543. The Hall–Kier alpha value is -3.01. The summed E-state index contributed by atoms with van der Waals surface area (Å²) in [5.74, 6) is -1.20. The van der Waals surface area contributed by atoms with Crippen molar-refractivity contribution in [3.8, 4) is 0 Å². The molecule has 2 N–H and O–H groups in total. The monoisotopic (exact) mass is 392 g/mol. The minimum absolute atomic E-state index is 0.0145. The molecular formula is C17H20N4O5S. The fourth-order valence-corrected chi connectivity index (χ4v) is 3.16. The molecule has 0 spiro atoms. The summed E-state index contributed by atoms with van der Waals surface area (Å²) in [5.41, 5.74) is 1.63. The number of ether oxygens (including phenoxy) is 1. The second-order valence-electron chi connectivity index (χ2n) is 5.63. The molecule has 1 amide bonds. The largest absolute Gasteiger partial charge is 0.466 e. The first-order valence-electron chi connectivity index (χ1n) is 8.10. The van der Waals surface area contributed by atoms with Crippen LogP contribution in [0.15, 0.2) is 35.2 Å². The molecule has 0 bridgehead atoms. The van der Waals surface area contributed by atoms with Crippen LogP contribution in [0.4, 0.5) is 11.6 Å². The average molecular weight is 392 g/mol. The lowest BCUT2D eigenvalue weighted by Crippen LogP contribution is -2.18. The summed E-state index contributed by atoms with van der Waals surface area (Å²) in [7, 11) is -3.88. The van der Waals surface area contributed by atoms with Gasteiger partial charge < -0.3 is 10.1 Å². The van der Waals surface area contributed by atoms with Gasteiger partial charge in [0.05, 0.1) is 11.5 Å². The molecule has 0 aliphatic heterocycles.